The van der Waals surface area contributed by atoms with Crippen molar-refractivity contribution in [3.8, 4) is 10.7 Å². The van der Waals surface area contributed by atoms with Gasteiger partial charge in [0.05, 0.1) is 5.69 Å². The number of rotatable bonds is 6. The summed E-state index contributed by atoms with van der Waals surface area (Å²) in [7, 11) is 0. The van der Waals surface area contributed by atoms with E-state index < -0.39 is 0 Å². The molecule has 0 spiro atoms. The van der Waals surface area contributed by atoms with Crippen molar-refractivity contribution in [1.82, 2.24) is 15.3 Å². The van der Waals surface area contributed by atoms with Crippen LogP contribution in [0.5, 0.6) is 0 Å². The van der Waals surface area contributed by atoms with Gasteiger partial charge in [0.2, 0.25) is 0 Å². The fraction of sp³-hybridized carbons (Fsp3) is 0.385. The Kier molecular flexibility index (Phi) is 4.81. The number of nitrogens with one attached hydrogen (secondary N) is 1. The second-order valence-electron chi connectivity index (χ2n) is 4.14. The lowest BCUT2D eigenvalue weighted by atomic mass is 10.2. The van der Waals surface area contributed by atoms with Crippen molar-refractivity contribution in [2.75, 3.05) is 6.61 Å². The Balaban J connectivity index is 1.95. The van der Waals surface area contributed by atoms with Crippen LogP contribution < -0.4 is 5.32 Å². The van der Waals surface area contributed by atoms with E-state index in [1.165, 1.54) is 4.88 Å². The molecule has 1 unspecified atom stereocenters. The average Bonchev–Trinajstić information content (AvgIpc) is 2.87. The van der Waals surface area contributed by atoms with Crippen LogP contribution in [-0.2, 0) is 6.54 Å². The molecule has 0 radical (unpaired) electrons. The molecule has 2 aromatic rings. The fourth-order valence-corrected chi connectivity index (χ4v) is 2.41. The Bertz CT molecular complexity index is 472. The summed E-state index contributed by atoms with van der Waals surface area (Å²) in [4.78, 5) is 9.84. The van der Waals surface area contributed by atoms with Crippen molar-refractivity contribution in [3.63, 3.8) is 0 Å². The number of nitrogens with zero attached hydrogens (tertiary/aromatic N) is 2. The zero-order chi connectivity index (χ0) is 12.8. The van der Waals surface area contributed by atoms with Gasteiger partial charge in [-0.25, -0.2) is 4.98 Å². The monoisotopic (exact) mass is 263 g/mol. The van der Waals surface area contributed by atoms with Crippen LogP contribution in [0.25, 0.3) is 10.7 Å². The summed E-state index contributed by atoms with van der Waals surface area (Å²) in [5.74, 6) is 0. The van der Waals surface area contributed by atoms with Gasteiger partial charge in [0.25, 0.3) is 0 Å². The van der Waals surface area contributed by atoms with Gasteiger partial charge in [0, 0.05) is 36.5 Å². The van der Waals surface area contributed by atoms with E-state index in [1.807, 2.05) is 24.4 Å². The molecule has 0 fully saturated rings. The van der Waals surface area contributed by atoms with Gasteiger partial charge in [-0.3, -0.25) is 4.98 Å². The summed E-state index contributed by atoms with van der Waals surface area (Å²) in [6.45, 7) is 3.07. The molecule has 2 aromatic heterocycles. The number of pyridine rings is 1. The number of aliphatic hydroxyl groups is 1. The van der Waals surface area contributed by atoms with E-state index in [4.69, 9.17) is 5.11 Å². The molecule has 4 nitrogen and oxygen atoms in total. The lowest BCUT2D eigenvalue weighted by Gasteiger charge is -2.10. The topological polar surface area (TPSA) is 58.0 Å². The first kappa shape index (κ1) is 13.1. The van der Waals surface area contributed by atoms with Gasteiger partial charge in [-0.05, 0) is 25.5 Å². The third-order valence-electron chi connectivity index (χ3n) is 2.62. The standard InChI is InChI=1S/C13H17N3OS/c1-10(5-7-17)15-8-11-9-16-13(18-11)12-4-2-3-6-14-12/h2-4,6,9-10,15,17H,5,7-8H2,1H3. The number of aliphatic hydroxyl groups excluding tert-OH is 1. The lowest BCUT2D eigenvalue weighted by Crippen LogP contribution is -2.25. The molecule has 0 aromatic carbocycles. The highest BCUT2D eigenvalue weighted by molar-refractivity contribution is 7.14. The second-order valence-corrected chi connectivity index (χ2v) is 5.26. The van der Waals surface area contributed by atoms with E-state index in [0.29, 0.717) is 6.04 Å². The Morgan fingerprint density at radius 3 is 3.00 bits per heavy atom. The van der Waals surface area contributed by atoms with E-state index in [9.17, 15) is 0 Å². The highest BCUT2D eigenvalue weighted by Gasteiger charge is 2.06. The molecule has 0 bridgehead atoms. The molecule has 0 aliphatic carbocycles. The van der Waals surface area contributed by atoms with E-state index in [2.05, 4.69) is 22.2 Å². The highest BCUT2D eigenvalue weighted by Crippen LogP contribution is 2.22. The van der Waals surface area contributed by atoms with Gasteiger partial charge in [0.15, 0.2) is 0 Å². The zero-order valence-corrected chi connectivity index (χ0v) is 11.2. The smallest absolute Gasteiger partial charge is 0.142 e. The molecular formula is C13H17N3OS. The Morgan fingerprint density at radius 1 is 1.39 bits per heavy atom. The Morgan fingerprint density at radius 2 is 2.28 bits per heavy atom. The van der Waals surface area contributed by atoms with Crippen LogP contribution in [0, 0.1) is 0 Å². The van der Waals surface area contributed by atoms with Crippen molar-refractivity contribution in [3.05, 3.63) is 35.5 Å². The summed E-state index contributed by atoms with van der Waals surface area (Å²) in [6.07, 6.45) is 4.43. The summed E-state index contributed by atoms with van der Waals surface area (Å²) in [5, 5.41) is 13.1. The minimum absolute atomic E-state index is 0.218. The van der Waals surface area contributed by atoms with Gasteiger partial charge in [-0.1, -0.05) is 6.07 Å². The van der Waals surface area contributed by atoms with Crippen LogP contribution in [0.3, 0.4) is 0 Å². The first-order valence-corrected chi connectivity index (χ1v) is 6.81. The molecule has 0 aliphatic rings. The minimum atomic E-state index is 0.218. The molecule has 2 N–H and O–H groups in total. The van der Waals surface area contributed by atoms with Crippen LogP contribution >= 0.6 is 11.3 Å². The molecule has 2 heterocycles. The predicted molar refractivity (Wildman–Crippen MR) is 73.3 cm³/mol. The summed E-state index contributed by atoms with van der Waals surface area (Å²) in [6, 6.07) is 6.14. The fourth-order valence-electron chi connectivity index (χ4n) is 1.57. The van der Waals surface area contributed by atoms with Crippen LogP contribution in [0.15, 0.2) is 30.6 Å². The molecule has 0 aliphatic heterocycles. The maximum absolute atomic E-state index is 8.83. The first-order chi connectivity index (χ1) is 8.79. The maximum Gasteiger partial charge on any atom is 0.142 e. The Hall–Kier alpha value is -1.30. The summed E-state index contributed by atoms with van der Waals surface area (Å²) >= 11 is 1.65. The molecule has 0 saturated carbocycles. The van der Waals surface area contributed by atoms with Gasteiger partial charge in [0.1, 0.15) is 5.01 Å². The number of hydrogen-bond acceptors (Lipinski definition) is 5. The third kappa shape index (κ3) is 3.60. The molecule has 1 atom stereocenters. The van der Waals surface area contributed by atoms with E-state index in [1.54, 1.807) is 17.5 Å². The zero-order valence-electron chi connectivity index (χ0n) is 10.3. The molecule has 5 heteroatoms. The van der Waals surface area contributed by atoms with E-state index in [-0.39, 0.29) is 6.61 Å². The molecule has 2 rings (SSSR count). The molecular weight excluding hydrogens is 246 g/mol. The number of aromatic nitrogens is 2. The van der Waals surface area contributed by atoms with Gasteiger partial charge >= 0.3 is 0 Å². The first-order valence-electron chi connectivity index (χ1n) is 6.00. The predicted octanol–water partition coefficient (Wildman–Crippen LogP) is 2.07. The molecule has 0 amide bonds. The van der Waals surface area contributed by atoms with Crippen LogP contribution in [0.2, 0.25) is 0 Å². The van der Waals surface area contributed by atoms with Crippen LogP contribution in [0.4, 0.5) is 0 Å². The summed E-state index contributed by atoms with van der Waals surface area (Å²) < 4.78 is 0. The highest BCUT2D eigenvalue weighted by atomic mass is 32.1. The maximum atomic E-state index is 8.83. The van der Waals surface area contributed by atoms with Crippen molar-refractivity contribution in [2.45, 2.75) is 25.9 Å². The molecule has 18 heavy (non-hydrogen) atoms. The van der Waals surface area contributed by atoms with E-state index in [0.717, 1.165) is 23.7 Å². The lowest BCUT2D eigenvalue weighted by molar-refractivity contribution is 0.269. The second kappa shape index (κ2) is 6.58. The number of hydrogen-bond donors (Lipinski definition) is 2. The Labute approximate surface area is 111 Å². The normalized spacial score (nSPS) is 12.6. The van der Waals surface area contributed by atoms with Gasteiger partial charge < -0.3 is 10.4 Å². The van der Waals surface area contributed by atoms with Gasteiger partial charge in [-0.15, -0.1) is 11.3 Å². The van der Waals surface area contributed by atoms with Crippen molar-refractivity contribution >= 4 is 11.3 Å². The largest absolute Gasteiger partial charge is 0.396 e. The molecule has 0 saturated heterocycles. The van der Waals surface area contributed by atoms with Gasteiger partial charge in [-0.2, -0.15) is 0 Å². The summed E-state index contributed by atoms with van der Waals surface area (Å²) in [5.41, 5.74) is 0.914. The van der Waals surface area contributed by atoms with Crippen LogP contribution in [0.1, 0.15) is 18.2 Å². The minimum Gasteiger partial charge on any atom is -0.396 e. The number of thiazole rings is 1. The van der Waals surface area contributed by atoms with Crippen molar-refractivity contribution < 1.29 is 5.11 Å². The average molecular weight is 263 g/mol. The quantitative estimate of drug-likeness (QED) is 0.837. The van der Waals surface area contributed by atoms with Crippen molar-refractivity contribution in [2.24, 2.45) is 0 Å². The van der Waals surface area contributed by atoms with Crippen molar-refractivity contribution in [1.29, 1.82) is 0 Å². The van der Waals surface area contributed by atoms with E-state index >= 15 is 0 Å². The third-order valence-corrected chi connectivity index (χ3v) is 3.64. The van der Waals surface area contributed by atoms with Crippen LogP contribution in [-0.4, -0.2) is 27.7 Å². The molecule has 96 valence electrons. The SMILES string of the molecule is CC(CCO)NCc1cnc(-c2ccccn2)s1.